The molecule has 2 amide bonds. The highest BCUT2D eigenvalue weighted by Crippen LogP contribution is 2.68. The second kappa shape index (κ2) is 14.0. The lowest BCUT2D eigenvalue weighted by molar-refractivity contribution is -0.289. The molecule has 12 nitrogen and oxygen atoms in total. The molecule has 1 saturated heterocycles. The summed E-state index contributed by atoms with van der Waals surface area (Å²) < 4.78 is 12.3. The van der Waals surface area contributed by atoms with E-state index < -0.39 is 49.3 Å². The van der Waals surface area contributed by atoms with Crippen molar-refractivity contribution in [3.05, 3.63) is 0 Å². The van der Waals surface area contributed by atoms with Crippen LogP contribution >= 0.6 is 0 Å². The number of carbonyl (C=O) groups excluding carboxylic acids is 2. The minimum absolute atomic E-state index is 0.0464. The fraction of sp³-hybridized carbons (Fsp3) is 0.912. The summed E-state index contributed by atoms with van der Waals surface area (Å²) in [5.74, 6) is 0.590. The average Bonchev–Trinajstić information content (AvgIpc) is 3.37. The third-order valence-electron chi connectivity index (χ3n) is 13.3. The largest absolute Gasteiger partial charge is 0.480 e. The van der Waals surface area contributed by atoms with Gasteiger partial charge in [-0.05, 0) is 104 Å². The summed E-state index contributed by atoms with van der Waals surface area (Å²) in [6, 6.07) is -0.956. The number of carboxylic acids is 1. The molecule has 262 valence electrons. The van der Waals surface area contributed by atoms with Gasteiger partial charge in [0.15, 0.2) is 6.29 Å². The number of aliphatic hydroxyl groups excluding tert-OH is 4. The number of aliphatic carboxylic acids is 1. The van der Waals surface area contributed by atoms with Crippen molar-refractivity contribution < 1.29 is 49.4 Å². The van der Waals surface area contributed by atoms with Crippen LogP contribution in [0, 0.1) is 46.3 Å². The first-order chi connectivity index (χ1) is 21.7. The Kier molecular flexibility index (Phi) is 10.8. The van der Waals surface area contributed by atoms with Gasteiger partial charge in [0.1, 0.15) is 30.9 Å². The molecule has 4 aliphatic carbocycles. The number of aliphatic hydroxyl groups is 4. The Morgan fingerprint density at radius 2 is 1.74 bits per heavy atom. The van der Waals surface area contributed by atoms with Gasteiger partial charge in [-0.3, -0.25) is 14.4 Å². The molecule has 0 aromatic heterocycles. The summed E-state index contributed by atoms with van der Waals surface area (Å²) in [6.07, 6.45) is 3.17. The fourth-order valence-electron chi connectivity index (χ4n) is 10.9. The van der Waals surface area contributed by atoms with Crippen molar-refractivity contribution in [2.24, 2.45) is 46.3 Å². The number of hydrogen-bond acceptors (Lipinski definition) is 9. The number of carbonyl (C=O) groups is 3. The highest BCUT2D eigenvalue weighted by Gasteiger charge is 2.64. The van der Waals surface area contributed by atoms with Crippen LogP contribution in [0.5, 0.6) is 0 Å². The lowest BCUT2D eigenvalue weighted by atomic mass is 9.43. The number of ether oxygens (including phenoxy) is 2. The Morgan fingerprint density at radius 1 is 1.00 bits per heavy atom. The SMILES string of the molecule is CC(=O)N[C@H]1[C@H](O[C@@H]2CC[C@@]3(C)[C@H](CC[C@@H]4[C@@H]3C[C@H](O)[C@]3(C)[C@@H]([C@H](C)CCC(=O)NCC(=O)O)CC[C@@H]43)C2)O[C@H](CO)[C@@H](O)[C@@H]1O. The third-order valence-corrected chi connectivity index (χ3v) is 13.3. The molecular weight excluding hydrogens is 596 g/mol. The van der Waals surface area contributed by atoms with Crippen LogP contribution in [-0.4, -0.2) is 99.3 Å². The molecule has 0 aromatic rings. The van der Waals surface area contributed by atoms with E-state index in [1.54, 1.807) is 0 Å². The summed E-state index contributed by atoms with van der Waals surface area (Å²) in [5.41, 5.74) is -0.169. The lowest BCUT2D eigenvalue weighted by Crippen LogP contribution is -2.65. The maximum absolute atomic E-state index is 12.2. The zero-order valence-electron chi connectivity index (χ0n) is 27.8. The van der Waals surface area contributed by atoms with Gasteiger partial charge in [0, 0.05) is 13.3 Å². The van der Waals surface area contributed by atoms with Crippen LogP contribution in [-0.2, 0) is 23.9 Å². The highest BCUT2D eigenvalue weighted by atomic mass is 16.7. The summed E-state index contributed by atoms with van der Waals surface area (Å²) in [6.45, 7) is 7.33. The van der Waals surface area contributed by atoms with Crippen molar-refractivity contribution in [2.75, 3.05) is 13.2 Å². The van der Waals surface area contributed by atoms with E-state index in [4.69, 9.17) is 14.6 Å². The van der Waals surface area contributed by atoms with Crippen LogP contribution < -0.4 is 10.6 Å². The van der Waals surface area contributed by atoms with Crippen LogP contribution in [0.3, 0.4) is 0 Å². The zero-order valence-corrected chi connectivity index (χ0v) is 27.8. The first kappa shape index (κ1) is 35.5. The minimum atomic E-state index is -1.35. The number of hydrogen-bond donors (Lipinski definition) is 7. The van der Waals surface area contributed by atoms with Crippen LogP contribution in [0.15, 0.2) is 0 Å². The van der Waals surface area contributed by atoms with Crippen molar-refractivity contribution in [1.82, 2.24) is 10.6 Å². The van der Waals surface area contributed by atoms with E-state index in [0.717, 1.165) is 51.4 Å². The highest BCUT2D eigenvalue weighted by molar-refractivity contribution is 5.81. The molecule has 0 radical (unpaired) electrons. The Bertz CT molecular complexity index is 1120. The number of rotatable bonds is 10. The first-order valence-corrected chi connectivity index (χ1v) is 17.4. The molecule has 5 fully saturated rings. The van der Waals surface area contributed by atoms with E-state index in [1.807, 2.05) is 0 Å². The van der Waals surface area contributed by atoms with Crippen LogP contribution in [0.4, 0.5) is 0 Å². The van der Waals surface area contributed by atoms with Gasteiger partial charge in [-0.1, -0.05) is 20.8 Å². The smallest absolute Gasteiger partial charge is 0.322 e. The second-order valence-electron chi connectivity index (χ2n) is 15.6. The quantitative estimate of drug-likeness (QED) is 0.170. The fourth-order valence-corrected chi connectivity index (χ4v) is 10.9. The van der Waals surface area contributed by atoms with Gasteiger partial charge in [0.2, 0.25) is 11.8 Å². The van der Waals surface area contributed by atoms with E-state index in [1.165, 1.54) is 6.92 Å². The van der Waals surface area contributed by atoms with E-state index in [0.29, 0.717) is 36.0 Å². The Hall–Kier alpha value is -1.83. The van der Waals surface area contributed by atoms with Crippen molar-refractivity contribution in [1.29, 1.82) is 0 Å². The maximum atomic E-state index is 12.2. The number of nitrogens with one attached hydrogen (secondary N) is 2. The molecule has 15 atom stereocenters. The molecule has 7 N–H and O–H groups in total. The summed E-state index contributed by atoms with van der Waals surface area (Å²) in [4.78, 5) is 34.9. The summed E-state index contributed by atoms with van der Waals surface area (Å²) in [5, 5.41) is 56.7. The first-order valence-electron chi connectivity index (χ1n) is 17.4. The van der Waals surface area contributed by atoms with Gasteiger partial charge in [0.25, 0.3) is 0 Å². The topological polar surface area (TPSA) is 195 Å². The van der Waals surface area contributed by atoms with Crippen molar-refractivity contribution in [3.63, 3.8) is 0 Å². The molecule has 5 aliphatic rings. The van der Waals surface area contributed by atoms with Crippen molar-refractivity contribution in [3.8, 4) is 0 Å². The summed E-state index contributed by atoms with van der Waals surface area (Å²) >= 11 is 0. The van der Waals surface area contributed by atoms with E-state index in [2.05, 4.69) is 31.4 Å². The van der Waals surface area contributed by atoms with Crippen molar-refractivity contribution >= 4 is 17.8 Å². The number of amides is 2. The van der Waals surface area contributed by atoms with E-state index in [-0.39, 0.29) is 47.6 Å². The molecule has 1 aliphatic heterocycles. The van der Waals surface area contributed by atoms with Gasteiger partial charge in [0.05, 0.1) is 18.8 Å². The third kappa shape index (κ3) is 6.59. The predicted octanol–water partition coefficient (Wildman–Crippen LogP) is 1.56. The van der Waals surface area contributed by atoms with E-state index in [9.17, 15) is 34.8 Å². The maximum Gasteiger partial charge on any atom is 0.322 e. The van der Waals surface area contributed by atoms with Gasteiger partial charge in [-0.15, -0.1) is 0 Å². The lowest BCUT2D eigenvalue weighted by Gasteiger charge is -2.62. The molecule has 0 aromatic carbocycles. The monoisotopic (exact) mass is 652 g/mol. The predicted molar refractivity (Wildman–Crippen MR) is 166 cm³/mol. The molecule has 1 heterocycles. The van der Waals surface area contributed by atoms with Crippen LogP contribution in [0.25, 0.3) is 0 Å². The average molecular weight is 653 g/mol. The minimum Gasteiger partial charge on any atom is -0.480 e. The van der Waals surface area contributed by atoms with Crippen LogP contribution in [0.2, 0.25) is 0 Å². The molecule has 0 unspecified atom stereocenters. The molecule has 46 heavy (non-hydrogen) atoms. The van der Waals surface area contributed by atoms with Crippen molar-refractivity contribution in [2.45, 2.75) is 135 Å². The molecule has 4 saturated carbocycles. The standard InChI is InChI=1S/C34H56N2O10/c1-17(5-10-27(40)35-15-28(41)42)22-8-9-23-21-7-6-19-13-20(11-12-33(19,3)24(21)14-26(39)34(22,23)4)45-32-29(36-18(2)38)31(44)30(43)25(16-37)46-32/h17,19-26,29-32,37,39,43-44H,5-16H2,1-4H3,(H,35,40)(H,36,38)(H,41,42)/t17-,19-,20-,21+,22-,23+,24+,25-,26+,29-,30-,31-,32-,33+,34-/m1/s1. The number of carboxylic acid groups (broad SMARTS) is 1. The van der Waals surface area contributed by atoms with Crippen LogP contribution in [0.1, 0.15) is 91.9 Å². The zero-order chi connectivity index (χ0) is 33.6. The van der Waals surface area contributed by atoms with E-state index >= 15 is 0 Å². The Morgan fingerprint density at radius 3 is 2.41 bits per heavy atom. The van der Waals surface area contributed by atoms with Gasteiger partial charge < -0.3 is 45.6 Å². The molecule has 0 bridgehead atoms. The Labute approximate surface area is 272 Å². The molecular formula is C34H56N2O10. The summed E-state index contributed by atoms with van der Waals surface area (Å²) in [7, 11) is 0. The van der Waals surface area contributed by atoms with Gasteiger partial charge in [-0.2, -0.15) is 0 Å². The number of fused-ring (bicyclic) bond motifs is 5. The Balaban J connectivity index is 1.23. The normalized spacial score (nSPS) is 45.9. The second-order valence-corrected chi connectivity index (χ2v) is 15.6. The molecule has 5 rings (SSSR count). The van der Waals surface area contributed by atoms with Gasteiger partial charge >= 0.3 is 5.97 Å². The molecule has 0 spiro atoms. The molecule has 12 heteroatoms. The van der Waals surface area contributed by atoms with Gasteiger partial charge in [-0.25, -0.2) is 0 Å².